The molecule has 9 rings (SSSR count). The largest absolute Gasteiger partial charge is 0.251 e. The van der Waals surface area contributed by atoms with Gasteiger partial charge in [0, 0.05) is 22.2 Å². The molecule has 0 aliphatic heterocycles. The highest BCUT2D eigenvalue weighted by Gasteiger charge is 2.41. The summed E-state index contributed by atoms with van der Waals surface area (Å²) < 4.78 is 265. The molecule has 0 aromatic heterocycles. The highest BCUT2D eigenvalue weighted by molar-refractivity contribution is 6.99. The number of fused-ring (bicyclic) bond motifs is 3. The van der Waals surface area contributed by atoms with E-state index in [2.05, 4.69) is 0 Å². The van der Waals surface area contributed by atoms with Crippen molar-refractivity contribution in [2.75, 3.05) is 0 Å². The fourth-order valence-corrected chi connectivity index (χ4v) is 8.02. The van der Waals surface area contributed by atoms with Crippen LogP contribution in [0.4, 0.5) is 74.6 Å². The van der Waals surface area contributed by atoms with Crippen LogP contribution in [-0.4, -0.2) is 6.71 Å². The first kappa shape index (κ1) is 37.3. The molecule has 290 valence electrons. The lowest BCUT2D eigenvalue weighted by molar-refractivity contribution is 0.414. The number of hydrogen-bond acceptors (Lipinski definition) is 0. The van der Waals surface area contributed by atoms with Crippen LogP contribution in [0.3, 0.4) is 0 Å². The van der Waals surface area contributed by atoms with Gasteiger partial charge in [0.25, 0.3) is 6.71 Å². The van der Waals surface area contributed by atoms with Gasteiger partial charge in [0.05, 0.1) is 32.3 Å². The first-order chi connectivity index (χ1) is 27.4. The van der Waals surface area contributed by atoms with Crippen LogP contribution >= 0.6 is 0 Å². The van der Waals surface area contributed by atoms with Crippen LogP contribution in [-0.2, 0) is 0 Å². The van der Waals surface area contributed by atoms with Gasteiger partial charge in [-0.3, -0.25) is 0 Å². The van der Waals surface area contributed by atoms with Crippen LogP contribution < -0.4 is 16.4 Å². The van der Waals surface area contributed by atoms with E-state index >= 15 is 57.1 Å². The minimum atomic E-state index is -3.01. The van der Waals surface area contributed by atoms with E-state index in [1.165, 1.54) is 0 Å². The molecule has 0 radical (unpaired) electrons. The third-order valence-electron chi connectivity index (χ3n) is 10.4. The Morgan fingerprint density at radius 2 is 0.724 bits per heavy atom. The minimum Gasteiger partial charge on any atom is -0.207 e. The second-order valence-corrected chi connectivity index (χ2v) is 13.2. The standard InChI is InChI=1S/C40H8BF17/c42-10-7-12-13(4-6-14(43)18(12)16(45)8-10)41(26-11-3-1-9-2-5-15(44)20-17(9)19(11)22(31(49)30(20)48)32(50)36(26)54)27-21-23(33(51)38(56)37(27)55)29(47)25-24(28(21)46)34(52)39(57)40(58)35(25)53/h1-8H. The summed E-state index contributed by atoms with van der Waals surface area (Å²) in [5.74, 6) is -39.6. The highest BCUT2D eigenvalue weighted by atomic mass is 19.2. The fraction of sp³-hybridized carbons (Fsp3) is 0. The molecule has 0 saturated heterocycles. The summed E-state index contributed by atoms with van der Waals surface area (Å²) in [6.07, 6.45) is 0. The molecule has 0 nitrogen and oxygen atoms in total. The molecule has 0 aliphatic rings. The lowest BCUT2D eigenvalue weighted by Gasteiger charge is -2.25. The smallest absolute Gasteiger partial charge is 0.207 e. The van der Waals surface area contributed by atoms with Gasteiger partial charge in [0.1, 0.15) is 34.9 Å². The van der Waals surface area contributed by atoms with Gasteiger partial charge < -0.3 is 0 Å². The number of benzene rings is 9. The molecule has 0 atom stereocenters. The van der Waals surface area contributed by atoms with Crippen LogP contribution in [0.5, 0.6) is 0 Å². The van der Waals surface area contributed by atoms with Gasteiger partial charge in [-0.05, 0) is 45.3 Å². The lowest BCUT2D eigenvalue weighted by Crippen LogP contribution is -2.56. The average molecular weight is 822 g/mol. The van der Waals surface area contributed by atoms with Crippen molar-refractivity contribution in [3.05, 3.63) is 147 Å². The Labute approximate surface area is 309 Å². The monoisotopic (exact) mass is 822 g/mol. The van der Waals surface area contributed by atoms with Crippen LogP contribution in [0.2, 0.25) is 0 Å². The minimum absolute atomic E-state index is 0.117. The topological polar surface area (TPSA) is 0 Å². The molecule has 0 unspecified atom stereocenters. The van der Waals surface area contributed by atoms with Crippen LogP contribution in [0, 0.1) is 98.9 Å². The molecule has 0 aliphatic carbocycles. The molecular formula is C40H8BF17. The second kappa shape index (κ2) is 12.3. The molecule has 0 heterocycles. The van der Waals surface area contributed by atoms with Crippen LogP contribution in [0.1, 0.15) is 0 Å². The first-order valence-electron chi connectivity index (χ1n) is 16.2. The maximum atomic E-state index is 17.0. The van der Waals surface area contributed by atoms with Gasteiger partial charge in [-0.15, -0.1) is 0 Å². The Bertz CT molecular complexity index is 3380. The highest BCUT2D eigenvalue weighted by Crippen LogP contribution is 2.42. The van der Waals surface area contributed by atoms with E-state index in [0.717, 1.165) is 18.2 Å². The van der Waals surface area contributed by atoms with Gasteiger partial charge in [-0.1, -0.05) is 29.7 Å². The van der Waals surface area contributed by atoms with Crippen LogP contribution in [0.25, 0.3) is 64.6 Å². The number of halogens is 17. The van der Waals surface area contributed by atoms with Crippen molar-refractivity contribution < 1.29 is 74.6 Å². The zero-order valence-corrected chi connectivity index (χ0v) is 27.6. The van der Waals surface area contributed by atoms with Crippen molar-refractivity contribution in [2.45, 2.75) is 0 Å². The van der Waals surface area contributed by atoms with Crippen molar-refractivity contribution in [3.8, 4) is 0 Å². The summed E-state index contributed by atoms with van der Waals surface area (Å²) in [5, 5.41) is -16.2. The summed E-state index contributed by atoms with van der Waals surface area (Å²) in [4.78, 5) is 0. The lowest BCUT2D eigenvalue weighted by atomic mass is 9.34. The van der Waals surface area contributed by atoms with E-state index in [9.17, 15) is 17.6 Å². The van der Waals surface area contributed by atoms with Crippen molar-refractivity contribution >= 4 is 87.7 Å². The van der Waals surface area contributed by atoms with Crippen molar-refractivity contribution in [2.24, 2.45) is 0 Å². The maximum absolute atomic E-state index is 17.0. The Morgan fingerprint density at radius 1 is 0.276 bits per heavy atom. The van der Waals surface area contributed by atoms with Gasteiger partial charge in [-0.25, -0.2) is 74.6 Å². The average Bonchev–Trinajstić information content (AvgIpc) is 3.18. The SMILES string of the molecule is Fc1cc(F)c2c(F)ccc(B(c3c(F)c(F)c4c(F)c(F)c5c(F)ccc6ccc3c4c65)c3c(F)c(F)c(F)c4c(F)c5c(F)c(F)c(F)c(F)c5c(F)c34)c2c1. The van der Waals surface area contributed by atoms with Gasteiger partial charge >= 0.3 is 0 Å². The molecule has 0 fully saturated rings. The summed E-state index contributed by atoms with van der Waals surface area (Å²) in [6.45, 7) is -3.01. The molecule has 58 heavy (non-hydrogen) atoms. The Morgan fingerprint density at radius 3 is 1.36 bits per heavy atom. The number of rotatable bonds is 3. The summed E-state index contributed by atoms with van der Waals surface area (Å²) in [6, 6.07) is 4.63. The third kappa shape index (κ3) is 4.56. The van der Waals surface area contributed by atoms with E-state index in [0.29, 0.717) is 24.3 Å². The quantitative estimate of drug-likeness (QED) is 0.0416. The summed E-state index contributed by atoms with van der Waals surface area (Å²) in [7, 11) is 0. The zero-order valence-electron chi connectivity index (χ0n) is 27.6. The predicted octanol–water partition coefficient (Wildman–Crippen LogP) is 10.9. The van der Waals surface area contributed by atoms with E-state index in [1.807, 2.05) is 0 Å². The zero-order chi connectivity index (χ0) is 41.7. The van der Waals surface area contributed by atoms with E-state index in [-0.39, 0.29) is 11.5 Å². The van der Waals surface area contributed by atoms with E-state index in [1.54, 1.807) is 0 Å². The van der Waals surface area contributed by atoms with Gasteiger partial charge in [0.15, 0.2) is 64.0 Å². The van der Waals surface area contributed by atoms with Gasteiger partial charge in [0.2, 0.25) is 0 Å². The van der Waals surface area contributed by atoms with E-state index in [4.69, 9.17) is 0 Å². The van der Waals surface area contributed by atoms with Crippen molar-refractivity contribution in [1.82, 2.24) is 0 Å². The predicted molar refractivity (Wildman–Crippen MR) is 179 cm³/mol. The Hall–Kier alpha value is -6.33. The second-order valence-electron chi connectivity index (χ2n) is 13.2. The Kier molecular flexibility index (Phi) is 7.93. The molecule has 0 saturated carbocycles. The number of hydrogen-bond donors (Lipinski definition) is 0. The molecule has 18 heteroatoms. The normalized spacial score (nSPS) is 12.2. The van der Waals surface area contributed by atoms with Crippen molar-refractivity contribution in [1.29, 1.82) is 0 Å². The molecule has 9 aromatic carbocycles. The molecule has 0 spiro atoms. The third-order valence-corrected chi connectivity index (χ3v) is 10.4. The van der Waals surface area contributed by atoms with Crippen molar-refractivity contribution in [3.63, 3.8) is 0 Å². The maximum Gasteiger partial charge on any atom is 0.251 e. The molecule has 0 N–H and O–H groups in total. The molecule has 9 aromatic rings. The molecule has 0 bridgehead atoms. The van der Waals surface area contributed by atoms with Crippen LogP contribution in [0.15, 0.2) is 48.5 Å². The Balaban J connectivity index is 1.61. The van der Waals surface area contributed by atoms with Gasteiger partial charge in [-0.2, -0.15) is 0 Å². The first-order valence-corrected chi connectivity index (χ1v) is 16.2. The summed E-state index contributed by atoms with van der Waals surface area (Å²) in [5.41, 5.74) is -4.51. The van der Waals surface area contributed by atoms with E-state index < -0.39 is 181 Å². The molecular weight excluding hydrogens is 814 g/mol. The fourth-order valence-electron chi connectivity index (χ4n) is 8.02. The summed E-state index contributed by atoms with van der Waals surface area (Å²) >= 11 is 0. The molecule has 0 amide bonds.